The van der Waals surface area contributed by atoms with Gasteiger partial charge in [-0.05, 0) is 46.1 Å². The highest BCUT2D eigenvalue weighted by Crippen LogP contribution is 2.15. The van der Waals surface area contributed by atoms with Crippen molar-refractivity contribution in [1.29, 1.82) is 0 Å². The van der Waals surface area contributed by atoms with Crippen molar-refractivity contribution in [3.05, 3.63) is 0 Å². The first-order valence-corrected chi connectivity index (χ1v) is 6.42. The van der Waals surface area contributed by atoms with Gasteiger partial charge in [-0.25, -0.2) is 0 Å². The van der Waals surface area contributed by atoms with E-state index in [2.05, 4.69) is 12.2 Å². The molecule has 1 heterocycles. The molecule has 2 atom stereocenters. The van der Waals surface area contributed by atoms with Crippen LogP contribution in [0.2, 0.25) is 0 Å². The molecule has 0 bridgehead atoms. The maximum absolute atomic E-state index is 11.7. The van der Waals surface area contributed by atoms with Crippen molar-refractivity contribution in [1.82, 2.24) is 5.32 Å². The molecule has 0 saturated carbocycles. The van der Waals surface area contributed by atoms with Gasteiger partial charge in [-0.2, -0.15) is 0 Å². The highest BCUT2D eigenvalue weighted by molar-refractivity contribution is 5.75. The fraction of sp³-hybridized carbons (Fsp3) is 0.923. The maximum atomic E-state index is 11.7. The highest BCUT2D eigenvalue weighted by Gasteiger charge is 2.25. The Morgan fingerprint density at radius 1 is 1.35 bits per heavy atom. The van der Waals surface area contributed by atoms with E-state index < -0.39 is 0 Å². The number of piperidine rings is 1. The van der Waals surface area contributed by atoms with Crippen LogP contribution in [-0.2, 0) is 14.3 Å². The quantitative estimate of drug-likeness (QED) is 0.603. The molecular weight excluding hydrogens is 218 g/mol. The Kier molecular flexibility index (Phi) is 5.40. The third-order valence-corrected chi connectivity index (χ3v) is 2.81. The topological polar surface area (TPSA) is 47.6 Å². The van der Waals surface area contributed by atoms with E-state index in [0.29, 0.717) is 19.1 Å². The van der Waals surface area contributed by atoms with E-state index in [1.54, 1.807) is 0 Å². The molecule has 0 amide bonds. The zero-order valence-electron chi connectivity index (χ0n) is 11.4. The van der Waals surface area contributed by atoms with Crippen LogP contribution in [0.15, 0.2) is 0 Å². The predicted molar refractivity (Wildman–Crippen MR) is 66.9 cm³/mol. The van der Waals surface area contributed by atoms with Crippen LogP contribution in [-0.4, -0.2) is 37.4 Å². The summed E-state index contributed by atoms with van der Waals surface area (Å²) in [5.41, 5.74) is -0.177. The van der Waals surface area contributed by atoms with E-state index in [4.69, 9.17) is 9.47 Å². The van der Waals surface area contributed by atoms with Gasteiger partial charge in [-0.15, -0.1) is 0 Å². The predicted octanol–water partition coefficient (Wildman–Crippen LogP) is 1.73. The van der Waals surface area contributed by atoms with Crippen LogP contribution in [0.1, 0.15) is 40.5 Å². The van der Waals surface area contributed by atoms with Crippen molar-refractivity contribution < 1.29 is 14.3 Å². The molecular formula is C13H25NO3. The van der Waals surface area contributed by atoms with E-state index in [1.807, 2.05) is 20.8 Å². The summed E-state index contributed by atoms with van der Waals surface area (Å²) in [5.74, 6) is 0.452. The largest absolute Gasteiger partial charge is 0.462 e. The Morgan fingerprint density at radius 3 is 2.65 bits per heavy atom. The van der Waals surface area contributed by atoms with E-state index in [0.717, 1.165) is 19.4 Å². The van der Waals surface area contributed by atoms with Gasteiger partial charge in [0.25, 0.3) is 0 Å². The molecule has 1 aliphatic heterocycles. The van der Waals surface area contributed by atoms with Gasteiger partial charge in [0.05, 0.1) is 12.2 Å². The average molecular weight is 243 g/mol. The first-order valence-electron chi connectivity index (χ1n) is 6.42. The number of hydrogen-bond acceptors (Lipinski definition) is 4. The minimum atomic E-state index is -0.177. The Balaban J connectivity index is 2.16. The lowest BCUT2D eigenvalue weighted by atomic mass is 9.94. The summed E-state index contributed by atoms with van der Waals surface area (Å²) in [6.45, 7) is 9.82. The number of ether oxygens (including phenoxy) is 2. The SMILES string of the molecule is CC1CCNC(C(=O)OCCOC(C)(C)C)C1. The van der Waals surface area contributed by atoms with Crippen LogP contribution in [0.3, 0.4) is 0 Å². The molecule has 0 aliphatic carbocycles. The van der Waals surface area contributed by atoms with Gasteiger partial charge in [0.1, 0.15) is 12.6 Å². The lowest BCUT2D eigenvalue weighted by Gasteiger charge is -2.26. The summed E-state index contributed by atoms with van der Waals surface area (Å²) >= 11 is 0. The number of nitrogens with one attached hydrogen (secondary N) is 1. The molecule has 1 rings (SSSR count). The Labute approximate surface area is 104 Å². The summed E-state index contributed by atoms with van der Waals surface area (Å²) < 4.78 is 10.7. The van der Waals surface area contributed by atoms with E-state index >= 15 is 0 Å². The monoisotopic (exact) mass is 243 g/mol. The number of rotatable bonds is 4. The van der Waals surface area contributed by atoms with Crippen molar-refractivity contribution in [2.75, 3.05) is 19.8 Å². The van der Waals surface area contributed by atoms with Crippen molar-refractivity contribution in [2.45, 2.75) is 52.2 Å². The van der Waals surface area contributed by atoms with Crippen molar-refractivity contribution in [3.8, 4) is 0 Å². The van der Waals surface area contributed by atoms with Gasteiger partial charge in [0.15, 0.2) is 0 Å². The molecule has 2 unspecified atom stereocenters. The van der Waals surface area contributed by atoms with Gasteiger partial charge in [-0.1, -0.05) is 6.92 Å². The zero-order chi connectivity index (χ0) is 12.9. The van der Waals surface area contributed by atoms with Crippen molar-refractivity contribution in [2.24, 2.45) is 5.92 Å². The second-order valence-corrected chi connectivity index (χ2v) is 5.76. The van der Waals surface area contributed by atoms with Crippen LogP contribution < -0.4 is 5.32 Å². The maximum Gasteiger partial charge on any atom is 0.323 e. The molecule has 0 aromatic carbocycles. The van der Waals surface area contributed by atoms with Gasteiger partial charge in [0, 0.05) is 0 Å². The fourth-order valence-electron chi connectivity index (χ4n) is 1.88. The highest BCUT2D eigenvalue weighted by atomic mass is 16.6. The fourth-order valence-corrected chi connectivity index (χ4v) is 1.88. The average Bonchev–Trinajstić information content (AvgIpc) is 2.23. The van der Waals surface area contributed by atoms with Gasteiger partial charge in [-0.3, -0.25) is 4.79 Å². The third kappa shape index (κ3) is 6.03. The van der Waals surface area contributed by atoms with Crippen LogP contribution in [0.4, 0.5) is 0 Å². The molecule has 4 heteroatoms. The van der Waals surface area contributed by atoms with Gasteiger partial charge >= 0.3 is 5.97 Å². The molecule has 100 valence electrons. The summed E-state index contributed by atoms with van der Waals surface area (Å²) in [5, 5.41) is 3.19. The molecule has 0 spiro atoms. The van der Waals surface area contributed by atoms with Crippen LogP contribution in [0.5, 0.6) is 0 Å². The second-order valence-electron chi connectivity index (χ2n) is 5.76. The number of esters is 1. The molecule has 17 heavy (non-hydrogen) atoms. The minimum absolute atomic E-state index is 0.131. The number of hydrogen-bond donors (Lipinski definition) is 1. The van der Waals surface area contributed by atoms with E-state index in [9.17, 15) is 4.79 Å². The molecule has 1 N–H and O–H groups in total. The summed E-state index contributed by atoms with van der Waals surface area (Å²) in [7, 11) is 0. The molecule has 0 radical (unpaired) electrons. The first-order chi connectivity index (χ1) is 7.88. The van der Waals surface area contributed by atoms with Crippen LogP contribution in [0.25, 0.3) is 0 Å². The molecule has 0 aromatic rings. The molecule has 1 aliphatic rings. The standard InChI is InChI=1S/C13H25NO3/c1-10-5-6-14-11(9-10)12(15)16-7-8-17-13(2,3)4/h10-11,14H,5-9H2,1-4H3. The van der Waals surface area contributed by atoms with E-state index in [-0.39, 0.29) is 17.6 Å². The minimum Gasteiger partial charge on any atom is -0.462 e. The summed E-state index contributed by atoms with van der Waals surface area (Å²) in [6.07, 6.45) is 2.01. The van der Waals surface area contributed by atoms with Crippen molar-refractivity contribution >= 4 is 5.97 Å². The third-order valence-electron chi connectivity index (χ3n) is 2.81. The number of carbonyl (C=O) groups is 1. The van der Waals surface area contributed by atoms with Crippen LogP contribution >= 0.6 is 0 Å². The molecule has 4 nitrogen and oxygen atoms in total. The Hall–Kier alpha value is -0.610. The van der Waals surface area contributed by atoms with Crippen molar-refractivity contribution in [3.63, 3.8) is 0 Å². The van der Waals surface area contributed by atoms with Crippen LogP contribution in [0, 0.1) is 5.92 Å². The smallest absolute Gasteiger partial charge is 0.323 e. The summed E-state index contributed by atoms with van der Waals surface area (Å²) in [4.78, 5) is 11.7. The van der Waals surface area contributed by atoms with Gasteiger partial charge in [0.2, 0.25) is 0 Å². The zero-order valence-corrected chi connectivity index (χ0v) is 11.4. The molecule has 1 saturated heterocycles. The summed E-state index contributed by atoms with van der Waals surface area (Å²) in [6, 6.07) is -0.131. The molecule has 1 fully saturated rings. The lowest BCUT2D eigenvalue weighted by molar-refractivity contribution is -0.150. The number of carbonyl (C=O) groups excluding carboxylic acids is 1. The van der Waals surface area contributed by atoms with Gasteiger partial charge < -0.3 is 14.8 Å². The second kappa shape index (κ2) is 6.36. The lowest BCUT2D eigenvalue weighted by Crippen LogP contribution is -2.44. The normalized spacial score (nSPS) is 25.6. The molecule has 0 aromatic heterocycles. The van der Waals surface area contributed by atoms with E-state index in [1.165, 1.54) is 0 Å². The Bertz CT molecular complexity index is 248. The first kappa shape index (κ1) is 14.5. The Morgan fingerprint density at radius 2 is 2.06 bits per heavy atom.